The first-order valence-corrected chi connectivity index (χ1v) is 6.60. The zero-order valence-corrected chi connectivity index (χ0v) is 12.0. The number of rotatable bonds is 5. The maximum absolute atomic E-state index is 4.56. The van der Waals surface area contributed by atoms with Crippen LogP contribution in [-0.4, -0.2) is 33.3 Å². The van der Waals surface area contributed by atoms with Crippen LogP contribution in [0, 0.1) is 19.8 Å². The number of hydrogen-bond donors (Lipinski definition) is 1. The lowest BCUT2D eigenvalue weighted by molar-refractivity contribution is 0.539. The first kappa shape index (κ1) is 13.7. The summed E-state index contributed by atoms with van der Waals surface area (Å²) in [5.74, 6) is 1.22. The summed E-state index contributed by atoms with van der Waals surface area (Å²) >= 11 is 0. The molecule has 5 nitrogen and oxygen atoms in total. The van der Waals surface area contributed by atoms with Gasteiger partial charge in [0.25, 0.3) is 5.95 Å². The van der Waals surface area contributed by atoms with E-state index < -0.39 is 0 Å². The van der Waals surface area contributed by atoms with Crippen LogP contribution >= 0.6 is 0 Å². The van der Waals surface area contributed by atoms with Gasteiger partial charge in [-0.1, -0.05) is 6.92 Å². The number of hydrogen-bond acceptors (Lipinski definition) is 4. The Balaban J connectivity index is 2.30. The number of nitrogens with one attached hydrogen (secondary N) is 1. The monoisotopic (exact) mass is 259 g/mol. The molecule has 0 aliphatic heterocycles. The zero-order chi connectivity index (χ0) is 13.8. The Morgan fingerprint density at radius 3 is 2.58 bits per heavy atom. The molecule has 2 heterocycles. The molecule has 0 aliphatic rings. The molecular weight excluding hydrogens is 238 g/mol. The molecule has 1 atom stereocenters. The van der Waals surface area contributed by atoms with Crippen LogP contribution in [0.3, 0.4) is 0 Å². The van der Waals surface area contributed by atoms with Gasteiger partial charge in [-0.05, 0) is 51.4 Å². The summed E-state index contributed by atoms with van der Waals surface area (Å²) in [6.45, 7) is 7.38. The molecule has 0 saturated heterocycles. The first-order valence-electron chi connectivity index (χ1n) is 6.60. The molecule has 0 radical (unpaired) electrons. The summed E-state index contributed by atoms with van der Waals surface area (Å²) in [7, 11) is 1.98. The van der Waals surface area contributed by atoms with Crippen LogP contribution in [0.1, 0.15) is 23.9 Å². The molecule has 1 N–H and O–H groups in total. The Kier molecular flexibility index (Phi) is 4.27. The fourth-order valence-corrected chi connectivity index (χ4v) is 2.33. The fraction of sp³-hybridized carbons (Fsp3) is 0.500. The van der Waals surface area contributed by atoms with Crippen LogP contribution in [0.2, 0.25) is 0 Å². The van der Waals surface area contributed by atoms with Crippen molar-refractivity contribution in [2.45, 2.75) is 27.2 Å². The molecule has 2 rings (SSSR count). The van der Waals surface area contributed by atoms with Gasteiger partial charge >= 0.3 is 0 Å². The second-order valence-electron chi connectivity index (χ2n) is 4.98. The van der Waals surface area contributed by atoms with Crippen molar-refractivity contribution in [2.24, 2.45) is 5.92 Å². The summed E-state index contributed by atoms with van der Waals surface area (Å²) in [6, 6.07) is 1.81. The number of nitrogens with zero attached hydrogens (tertiary/aromatic N) is 4. The van der Waals surface area contributed by atoms with Gasteiger partial charge in [-0.2, -0.15) is 5.10 Å². The highest BCUT2D eigenvalue weighted by Crippen LogP contribution is 2.19. The molecule has 0 fully saturated rings. The van der Waals surface area contributed by atoms with E-state index in [2.05, 4.69) is 34.2 Å². The van der Waals surface area contributed by atoms with Gasteiger partial charge in [0.1, 0.15) is 0 Å². The molecule has 2 aromatic rings. The summed E-state index contributed by atoms with van der Waals surface area (Å²) in [6.07, 6.45) is 4.50. The van der Waals surface area contributed by atoms with Crippen molar-refractivity contribution in [1.82, 2.24) is 25.1 Å². The van der Waals surface area contributed by atoms with Crippen LogP contribution in [0.4, 0.5) is 0 Å². The van der Waals surface area contributed by atoms with E-state index in [0.717, 1.165) is 24.4 Å². The van der Waals surface area contributed by atoms with Gasteiger partial charge in [-0.3, -0.25) is 0 Å². The Bertz CT molecular complexity index is 532. The van der Waals surface area contributed by atoms with E-state index in [0.29, 0.717) is 11.9 Å². The molecule has 0 amide bonds. The van der Waals surface area contributed by atoms with Gasteiger partial charge in [0, 0.05) is 18.1 Å². The highest BCUT2D eigenvalue weighted by atomic mass is 15.4. The minimum absolute atomic E-state index is 0.580. The summed E-state index contributed by atoms with van der Waals surface area (Å²) in [5.41, 5.74) is 3.50. The quantitative estimate of drug-likeness (QED) is 0.887. The smallest absolute Gasteiger partial charge is 0.250 e. The molecule has 2 aromatic heterocycles. The van der Waals surface area contributed by atoms with Crippen molar-refractivity contribution in [1.29, 1.82) is 0 Å². The van der Waals surface area contributed by atoms with E-state index in [9.17, 15) is 0 Å². The van der Waals surface area contributed by atoms with Gasteiger partial charge in [0.2, 0.25) is 0 Å². The molecule has 0 bridgehead atoms. The molecular formula is C14H21N5. The predicted octanol–water partition coefficient (Wildman–Crippen LogP) is 1.68. The highest BCUT2D eigenvalue weighted by molar-refractivity contribution is 5.29. The Labute approximate surface area is 114 Å². The SMILES string of the molecule is CNCC(C)Cc1c(C)nn(-c2ncccn2)c1C. The third-order valence-corrected chi connectivity index (χ3v) is 3.29. The van der Waals surface area contributed by atoms with Crippen molar-refractivity contribution in [3.63, 3.8) is 0 Å². The van der Waals surface area contributed by atoms with Crippen LogP contribution in [0.15, 0.2) is 18.5 Å². The molecule has 19 heavy (non-hydrogen) atoms. The highest BCUT2D eigenvalue weighted by Gasteiger charge is 2.16. The lowest BCUT2D eigenvalue weighted by atomic mass is 10.00. The predicted molar refractivity (Wildman–Crippen MR) is 75.4 cm³/mol. The third kappa shape index (κ3) is 2.98. The fourth-order valence-electron chi connectivity index (χ4n) is 2.33. The van der Waals surface area contributed by atoms with Crippen molar-refractivity contribution in [3.05, 3.63) is 35.4 Å². The topological polar surface area (TPSA) is 55.6 Å². The normalized spacial score (nSPS) is 12.6. The van der Waals surface area contributed by atoms with E-state index in [4.69, 9.17) is 0 Å². The molecule has 0 saturated carbocycles. The standard InChI is InChI=1S/C14H21N5/c1-10(9-15-4)8-13-11(2)18-19(12(13)3)14-16-6-5-7-17-14/h5-7,10,15H,8-9H2,1-4H3. The minimum Gasteiger partial charge on any atom is -0.319 e. The van der Waals surface area contributed by atoms with E-state index in [1.807, 2.05) is 24.7 Å². The first-order chi connectivity index (χ1) is 9.13. The minimum atomic E-state index is 0.580. The van der Waals surface area contributed by atoms with Gasteiger partial charge in [-0.15, -0.1) is 0 Å². The van der Waals surface area contributed by atoms with Crippen LogP contribution < -0.4 is 5.32 Å². The summed E-state index contributed by atoms with van der Waals surface area (Å²) < 4.78 is 1.83. The second kappa shape index (κ2) is 5.93. The molecule has 1 unspecified atom stereocenters. The summed E-state index contributed by atoms with van der Waals surface area (Å²) in [5, 5.41) is 7.78. The molecule has 0 aromatic carbocycles. The lowest BCUT2D eigenvalue weighted by Crippen LogP contribution is -2.18. The molecule has 0 aliphatic carbocycles. The average molecular weight is 259 g/mol. The van der Waals surface area contributed by atoms with Crippen LogP contribution in [-0.2, 0) is 6.42 Å². The zero-order valence-electron chi connectivity index (χ0n) is 12.0. The van der Waals surface area contributed by atoms with Crippen molar-refractivity contribution in [3.8, 4) is 5.95 Å². The average Bonchev–Trinajstić information content (AvgIpc) is 2.68. The van der Waals surface area contributed by atoms with Crippen molar-refractivity contribution in [2.75, 3.05) is 13.6 Å². The van der Waals surface area contributed by atoms with E-state index >= 15 is 0 Å². The van der Waals surface area contributed by atoms with Crippen LogP contribution in [0.25, 0.3) is 5.95 Å². The van der Waals surface area contributed by atoms with Gasteiger partial charge in [-0.25, -0.2) is 14.6 Å². The van der Waals surface area contributed by atoms with Crippen molar-refractivity contribution >= 4 is 0 Å². The number of aryl methyl sites for hydroxylation is 1. The molecule has 102 valence electrons. The van der Waals surface area contributed by atoms with E-state index in [1.54, 1.807) is 12.4 Å². The van der Waals surface area contributed by atoms with Gasteiger partial charge in [0.05, 0.1) is 5.69 Å². The van der Waals surface area contributed by atoms with Crippen LogP contribution in [0.5, 0.6) is 0 Å². The Hall–Kier alpha value is -1.75. The maximum atomic E-state index is 4.56. The lowest BCUT2D eigenvalue weighted by Gasteiger charge is -2.10. The largest absolute Gasteiger partial charge is 0.319 e. The van der Waals surface area contributed by atoms with Crippen molar-refractivity contribution < 1.29 is 0 Å². The maximum Gasteiger partial charge on any atom is 0.250 e. The van der Waals surface area contributed by atoms with Gasteiger partial charge < -0.3 is 5.32 Å². The molecule has 5 heteroatoms. The Morgan fingerprint density at radius 1 is 1.26 bits per heavy atom. The van der Waals surface area contributed by atoms with E-state index in [1.165, 1.54) is 5.56 Å². The van der Waals surface area contributed by atoms with E-state index in [-0.39, 0.29) is 0 Å². The molecule has 0 spiro atoms. The summed E-state index contributed by atoms with van der Waals surface area (Å²) in [4.78, 5) is 8.51. The van der Waals surface area contributed by atoms with Gasteiger partial charge in [0.15, 0.2) is 0 Å². The second-order valence-corrected chi connectivity index (χ2v) is 4.98. The third-order valence-electron chi connectivity index (χ3n) is 3.29. The Morgan fingerprint density at radius 2 is 1.95 bits per heavy atom. The number of aromatic nitrogens is 4.